The first-order chi connectivity index (χ1) is 13.8. The summed E-state index contributed by atoms with van der Waals surface area (Å²) in [6, 6.07) is 19.7. The van der Waals surface area contributed by atoms with Crippen LogP contribution in [0.15, 0.2) is 77.7 Å². The molecule has 0 saturated carbocycles. The first-order valence-electron chi connectivity index (χ1n) is 8.75. The van der Waals surface area contributed by atoms with Crippen molar-refractivity contribution >= 4 is 50.5 Å². The Morgan fingerprint density at radius 1 is 0.828 bits per heavy atom. The minimum absolute atomic E-state index is 0.0847. The van der Waals surface area contributed by atoms with Crippen molar-refractivity contribution in [3.05, 3.63) is 88.4 Å². The minimum atomic E-state index is -3.74. The fourth-order valence-corrected chi connectivity index (χ4v) is 4.04. The molecule has 0 heterocycles. The van der Waals surface area contributed by atoms with E-state index in [0.717, 1.165) is 5.56 Å². The molecule has 2 N–H and O–H groups in total. The number of sulfonamides is 1. The summed E-state index contributed by atoms with van der Waals surface area (Å²) in [7, 11) is -3.74. The van der Waals surface area contributed by atoms with Gasteiger partial charge in [-0.05, 0) is 66.6 Å². The molecule has 1 amide bonds. The van der Waals surface area contributed by atoms with Crippen molar-refractivity contribution in [1.82, 2.24) is 0 Å². The Morgan fingerprint density at radius 2 is 1.45 bits per heavy atom. The number of nitrogens with one attached hydrogen (secondary N) is 2. The van der Waals surface area contributed by atoms with Crippen LogP contribution in [0.1, 0.15) is 12.0 Å². The van der Waals surface area contributed by atoms with Crippen molar-refractivity contribution in [3.8, 4) is 0 Å². The maximum atomic E-state index is 12.5. The number of amides is 1. The molecule has 0 unspecified atom stereocenters. The first kappa shape index (κ1) is 21.2. The Balaban J connectivity index is 1.59. The van der Waals surface area contributed by atoms with E-state index >= 15 is 0 Å². The molecule has 0 aromatic heterocycles. The van der Waals surface area contributed by atoms with Crippen LogP contribution in [0.25, 0.3) is 0 Å². The molecule has 0 fully saturated rings. The second-order valence-corrected chi connectivity index (χ2v) is 8.80. The summed E-state index contributed by atoms with van der Waals surface area (Å²) < 4.78 is 27.4. The number of rotatable bonds is 7. The number of hydrogen-bond acceptors (Lipinski definition) is 3. The smallest absolute Gasteiger partial charge is 0.261 e. The molecule has 0 bridgehead atoms. The Kier molecular flexibility index (Phi) is 6.79. The van der Waals surface area contributed by atoms with Crippen molar-refractivity contribution in [2.24, 2.45) is 0 Å². The number of benzene rings is 3. The Bertz CT molecular complexity index is 1100. The van der Waals surface area contributed by atoms with E-state index in [9.17, 15) is 13.2 Å². The normalized spacial score (nSPS) is 11.1. The van der Waals surface area contributed by atoms with Gasteiger partial charge in [0.1, 0.15) is 0 Å². The van der Waals surface area contributed by atoms with E-state index in [4.69, 9.17) is 23.2 Å². The molecule has 3 aromatic carbocycles. The molecule has 0 spiro atoms. The van der Waals surface area contributed by atoms with Crippen LogP contribution in [-0.4, -0.2) is 14.3 Å². The Morgan fingerprint density at radius 3 is 2.10 bits per heavy atom. The predicted octanol–water partition coefficient (Wildman–Crippen LogP) is 5.37. The largest absolute Gasteiger partial charge is 0.326 e. The lowest BCUT2D eigenvalue weighted by atomic mass is 10.1. The average Bonchev–Trinajstić information content (AvgIpc) is 2.69. The maximum absolute atomic E-state index is 12.5. The summed E-state index contributed by atoms with van der Waals surface area (Å²) in [6.45, 7) is 0. The van der Waals surface area contributed by atoms with Crippen LogP contribution in [0, 0.1) is 0 Å². The fourth-order valence-electron chi connectivity index (χ4n) is 2.62. The molecule has 29 heavy (non-hydrogen) atoms. The van der Waals surface area contributed by atoms with Crippen molar-refractivity contribution in [2.75, 3.05) is 10.0 Å². The summed E-state index contributed by atoms with van der Waals surface area (Å²) in [5, 5.41) is 3.90. The van der Waals surface area contributed by atoms with Gasteiger partial charge in [0.2, 0.25) is 5.91 Å². The molecule has 8 heteroatoms. The predicted molar refractivity (Wildman–Crippen MR) is 117 cm³/mol. The number of carbonyl (C=O) groups excluding carboxylic acids is 1. The lowest BCUT2D eigenvalue weighted by Gasteiger charge is -2.10. The van der Waals surface area contributed by atoms with E-state index in [1.807, 2.05) is 18.2 Å². The number of hydrogen-bond donors (Lipinski definition) is 2. The van der Waals surface area contributed by atoms with Crippen LogP contribution < -0.4 is 10.0 Å². The van der Waals surface area contributed by atoms with Gasteiger partial charge in [-0.25, -0.2) is 8.42 Å². The van der Waals surface area contributed by atoms with Gasteiger partial charge in [0, 0.05) is 27.8 Å². The first-order valence-corrected chi connectivity index (χ1v) is 11.0. The van der Waals surface area contributed by atoms with Crippen molar-refractivity contribution in [1.29, 1.82) is 0 Å². The van der Waals surface area contributed by atoms with Gasteiger partial charge in [-0.1, -0.05) is 41.4 Å². The molecule has 3 rings (SSSR count). The van der Waals surface area contributed by atoms with E-state index in [0.29, 0.717) is 27.8 Å². The van der Waals surface area contributed by atoms with Gasteiger partial charge < -0.3 is 5.32 Å². The fraction of sp³-hybridized carbons (Fsp3) is 0.0952. The minimum Gasteiger partial charge on any atom is -0.326 e. The lowest BCUT2D eigenvalue weighted by Crippen LogP contribution is -2.14. The van der Waals surface area contributed by atoms with Gasteiger partial charge in [0.25, 0.3) is 10.0 Å². The zero-order valence-electron chi connectivity index (χ0n) is 15.2. The lowest BCUT2D eigenvalue weighted by molar-refractivity contribution is -0.116. The van der Waals surface area contributed by atoms with Gasteiger partial charge >= 0.3 is 0 Å². The number of halogens is 2. The highest BCUT2D eigenvalue weighted by Gasteiger charge is 2.14. The molecule has 3 aromatic rings. The summed E-state index contributed by atoms with van der Waals surface area (Å²) >= 11 is 11.9. The third-order valence-corrected chi connectivity index (χ3v) is 6.14. The summed E-state index contributed by atoms with van der Waals surface area (Å²) in [6.07, 6.45) is 0.783. The van der Waals surface area contributed by atoms with Gasteiger partial charge in [0.05, 0.1) is 4.90 Å². The Hall–Kier alpha value is -2.54. The zero-order valence-corrected chi connectivity index (χ0v) is 17.6. The van der Waals surface area contributed by atoms with Gasteiger partial charge in [-0.15, -0.1) is 0 Å². The highest BCUT2D eigenvalue weighted by Crippen LogP contribution is 2.21. The molecule has 0 atom stereocenters. The quantitative estimate of drug-likeness (QED) is 0.510. The molecule has 5 nitrogen and oxygen atoms in total. The van der Waals surface area contributed by atoms with Crippen molar-refractivity contribution in [2.45, 2.75) is 17.7 Å². The summed E-state index contributed by atoms with van der Waals surface area (Å²) in [4.78, 5) is 12.2. The van der Waals surface area contributed by atoms with Crippen molar-refractivity contribution in [3.63, 3.8) is 0 Å². The van der Waals surface area contributed by atoms with E-state index in [-0.39, 0.29) is 17.2 Å². The van der Waals surface area contributed by atoms with Crippen LogP contribution >= 0.6 is 23.2 Å². The summed E-state index contributed by atoms with van der Waals surface area (Å²) in [5.41, 5.74) is 1.82. The van der Waals surface area contributed by atoms with Gasteiger partial charge in [-0.3, -0.25) is 9.52 Å². The van der Waals surface area contributed by atoms with E-state index in [1.165, 1.54) is 12.1 Å². The Labute approximate surface area is 179 Å². The zero-order chi connectivity index (χ0) is 20.9. The molecule has 0 aliphatic heterocycles. The van der Waals surface area contributed by atoms with Crippen LogP contribution in [0.4, 0.5) is 11.4 Å². The standard InChI is InChI=1S/C21H18Cl2N2O3S/c22-16-6-8-18(9-7-16)25-29(27,28)19-12-10-17(11-13-19)24-21(26)14-5-15-3-1-2-4-20(15)23/h1-4,6-13,25H,5,14H2,(H,24,26). The molecule has 0 radical (unpaired) electrons. The number of anilines is 2. The van der Waals surface area contributed by atoms with Crippen LogP contribution in [-0.2, 0) is 21.2 Å². The second kappa shape index (κ2) is 9.31. The van der Waals surface area contributed by atoms with Gasteiger partial charge in [-0.2, -0.15) is 0 Å². The monoisotopic (exact) mass is 448 g/mol. The second-order valence-electron chi connectivity index (χ2n) is 6.28. The number of aryl methyl sites for hydroxylation is 1. The molecular formula is C21H18Cl2N2O3S. The van der Waals surface area contributed by atoms with Crippen LogP contribution in [0.2, 0.25) is 10.0 Å². The topological polar surface area (TPSA) is 75.3 Å². The summed E-state index contributed by atoms with van der Waals surface area (Å²) in [5.74, 6) is -0.181. The van der Waals surface area contributed by atoms with E-state index < -0.39 is 10.0 Å². The van der Waals surface area contributed by atoms with Crippen molar-refractivity contribution < 1.29 is 13.2 Å². The maximum Gasteiger partial charge on any atom is 0.261 e. The molecule has 150 valence electrons. The molecule has 0 saturated heterocycles. The van der Waals surface area contributed by atoms with Crippen LogP contribution in [0.5, 0.6) is 0 Å². The number of carbonyl (C=O) groups is 1. The van der Waals surface area contributed by atoms with E-state index in [1.54, 1.807) is 42.5 Å². The molecule has 0 aliphatic carbocycles. The SMILES string of the molecule is O=C(CCc1ccccc1Cl)Nc1ccc(S(=O)(=O)Nc2ccc(Cl)cc2)cc1. The third kappa shape index (κ3) is 5.97. The van der Waals surface area contributed by atoms with Gasteiger partial charge in [0.15, 0.2) is 0 Å². The highest BCUT2D eigenvalue weighted by atomic mass is 35.5. The highest BCUT2D eigenvalue weighted by molar-refractivity contribution is 7.92. The molecular weight excluding hydrogens is 431 g/mol. The average molecular weight is 449 g/mol. The molecule has 0 aliphatic rings. The van der Waals surface area contributed by atoms with E-state index in [2.05, 4.69) is 10.0 Å². The third-order valence-electron chi connectivity index (χ3n) is 4.12. The van der Waals surface area contributed by atoms with Crippen LogP contribution in [0.3, 0.4) is 0 Å².